The molecule has 0 fully saturated rings. The van der Waals surface area contributed by atoms with Crippen LogP contribution in [-0.4, -0.2) is 23.3 Å². The van der Waals surface area contributed by atoms with Gasteiger partial charge in [0.15, 0.2) is 0 Å². The minimum atomic E-state index is -0.275. The summed E-state index contributed by atoms with van der Waals surface area (Å²) in [7, 11) is 0. The minimum absolute atomic E-state index is 0.242. The summed E-state index contributed by atoms with van der Waals surface area (Å²) >= 11 is 0. The molecule has 0 aliphatic carbocycles. The van der Waals surface area contributed by atoms with E-state index in [1.165, 1.54) is 4.90 Å². The van der Waals surface area contributed by atoms with Crippen molar-refractivity contribution in [1.29, 1.82) is 0 Å². The Kier molecular flexibility index (Phi) is 4.45. The van der Waals surface area contributed by atoms with E-state index in [1.807, 2.05) is 70.2 Å². The minimum Gasteiger partial charge on any atom is -0.350 e. The number of nitrogens with zero attached hydrogens (tertiary/aromatic N) is 1. The average molecular weight is 334 g/mol. The second-order valence-corrected chi connectivity index (χ2v) is 6.41. The van der Waals surface area contributed by atoms with Gasteiger partial charge >= 0.3 is 0 Å². The fourth-order valence-electron chi connectivity index (χ4n) is 3.10. The number of carbonyl (C=O) groups excluding carboxylic acids is 2. The maximum atomic E-state index is 12.8. The van der Waals surface area contributed by atoms with Gasteiger partial charge in [0.2, 0.25) is 0 Å². The van der Waals surface area contributed by atoms with Crippen LogP contribution in [-0.2, 0) is 9.59 Å². The Labute approximate surface area is 148 Å². The number of hydrogen-bond acceptors (Lipinski definition) is 3. The highest BCUT2D eigenvalue weighted by Gasteiger charge is 2.38. The number of likely N-dealkylation sites (N-methyl/N-ethyl adjacent to an activating group) is 1. The Balaban J connectivity index is 2.12. The molecule has 0 saturated carbocycles. The lowest BCUT2D eigenvalue weighted by Gasteiger charge is -2.12. The maximum absolute atomic E-state index is 12.8. The Morgan fingerprint density at radius 2 is 1.52 bits per heavy atom. The molecule has 2 aromatic rings. The molecule has 0 saturated heterocycles. The summed E-state index contributed by atoms with van der Waals surface area (Å²) in [5.74, 6) is -0.517. The van der Waals surface area contributed by atoms with Crippen molar-refractivity contribution in [2.24, 2.45) is 0 Å². The normalized spacial score (nSPS) is 14.5. The molecule has 0 unspecified atom stereocenters. The van der Waals surface area contributed by atoms with Gasteiger partial charge < -0.3 is 5.32 Å². The Hall–Kier alpha value is -2.88. The SMILES string of the molecule is CCN1C(=O)C(Nc2ccc(C)cc2)=C(c2ccc(C)cc2C)C1=O. The number of rotatable bonds is 4. The van der Waals surface area contributed by atoms with Crippen LogP contribution in [0.2, 0.25) is 0 Å². The molecule has 4 nitrogen and oxygen atoms in total. The molecular weight excluding hydrogens is 312 g/mol. The van der Waals surface area contributed by atoms with Crippen molar-refractivity contribution in [2.75, 3.05) is 11.9 Å². The van der Waals surface area contributed by atoms with Crippen molar-refractivity contribution < 1.29 is 9.59 Å². The number of benzene rings is 2. The third kappa shape index (κ3) is 3.07. The van der Waals surface area contributed by atoms with Crippen molar-refractivity contribution in [3.05, 3.63) is 70.4 Å². The number of nitrogens with one attached hydrogen (secondary N) is 1. The van der Waals surface area contributed by atoms with Crippen LogP contribution >= 0.6 is 0 Å². The molecule has 25 heavy (non-hydrogen) atoms. The van der Waals surface area contributed by atoms with E-state index in [0.29, 0.717) is 17.8 Å². The topological polar surface area (TPSA) is 49.4 Å². The van der Waals surface area contributed by atoms with Crippen LogP contribution in [0, 0.1) is 20.8 Å². The molecule has 128 valence electrons. The molecule has 0 aromatic heterocycles. The van der Waals surface area contributed by atoms with Gasteiger partial charge in [-0.15, -0.1) is 0 Å². The first-order valence-corrected chi connectivity index (χ1v) is 8.44. The van der Waals surface area contributed by atoms with Gasteiger partial charge in [0.1, 0.15) is 5.70 Å². The fourth-order valence-corrected chi connectivity index (χ4v) is 3.10. The molecule has 1 N–H and O–H groups in total. The molecule has 0 radical (unpaired) electrons. The van der Waals surface area contributed by atoms with Crippen LogP contribution in [0.4, 0.5) is 5.69 Å². The van der Waals surface area contributed by atoms with Gasteiger partial charge in [-0.1, -0.05) is 41.5 Å². The predicted molar refractivity (Wildman–Crippen MR) is 100 cm³/mol. The number of aryl methyl sites for hydroxylation is 3. The summed E-state index contributed by atoms with van der Waals surface area (Å²) in [5, 5.41) is 3.17. The van der Waals surface area contributed by atoms with Crippen molar-refractivity contribution in [2.45, 2.75) is 27.7 Å². The second kappa shape index (κ2) is 6.55. The largest absolute Gasteiger partial charge is 0.350 e. The number of anilines is 1. The van der Waals surface area contributed by atoms with Gasteiger partial charge in [0.05, 0.1) is 5.57 Å². The molecule has 0 atom stereocenters. The first-order valence-electron chi connectivity index (χ1n) is 8.44. The third-order valence-electron chi connectivity index (χ3n) is 4.46. The zero-order chi connectivity index (χ0) is 18.1. The van der Waals surface area contributed by atoms with Crippen molar-refractivity contribution >= 4 is 23.1 Å². The summed E-state index contributed by atoms with van der Waals surface area (Å²) in [6, 6.07) is 13.7. The summed E-state index contributed by atoms with van der Waals surface area (Å²) in [6.07, 6.45) is 0. The maximum Gasteiger partial charge on any atom is 0.278 e. The highest BCUT2D eigenvalue weighted by atomic mass is 16.2. The highest BCUT2D eigenvalue weighted by molar-refractivity contribution is 6.36. The van der Waals surface area contributed by atoms with Crippen LogP contribution in [0.25, 0.3) is 5.57 Å². The van der Waals surface area contributed by atoms with E-state index >= 15 is 0 Å². The zero-order valence-corrected chi connectivity index (χ0v) is 15.0. The molecule has 2 aromatic carbocycles. The summed E-state index contributed by atoms with van der Waals surface area (Å²) in [6.45, 7) is 8.14. The standard InChI is InChI=1S/C21H22N2O2/c1-5-23-20(24)18(17-11-8-14(3)12-15(17)4)19(21(23)25)22-16-9-6-13(2)7-10-16/h6-12,22H,5H2,1-4H3. The molecule has 1 aliphatic rings. The smallest absolute Gasteiger partial charge is 0.278 e. The Bertz CT molecular complexity index is 879. The van der Waals surface area contributed by atoms with Gasteiger partial charge in [-0.3, -0.25) is 14.5 Å². The van der Waals surface area contributed by atoms with Crippen LogP contribution in [0.3, 0.4) is 0 Å². The number of amides is 2. The number of imide groups is 1. The Morgan fingerprint density at radius 1 is 0.880 bits per heavy atom. The number of carbonyl (C=O) groups is 2. The van der Waals surface area contributed by atoms with Gasteiger partial charge in [-0.2, -0.15) is 0 Å². The van der Waals surface area contributed by atoms with E-state index in [4.69, 9.17) is 0 Å². The average Bonchev–Trinajstić information content (AvgIpc) is 2.80. The van der Waals surface area contributed by atoms with Gasteiger partial charge in [-0.05, 0) is 51.0 Å². The van der Waals surface area contributed by atoms with Crippen LogP contribution in [0.5, 0.6) is 0 Å². The van der Waals surface area contributed by atoms with E-state index in [0.717, 1.165) is 27.9 Å². The molecular formula is C21H22N2O2. The third-order valence-corrected chi connectivity index (χ3v) is 4.46. The van der Waals surface area contributed by atoms with E-state index in [1.54, 1.807) is 0 Å². The molecule has 1 heterocycles. The van der Waals surface area contributed by atoms with Crippen molar-refractivity contribution in [1.82, 2.24) is 4.90 Å². The lowest BCUT2D eigenvalue weighted by molar-refractivity contribution is -0.136. The summed E-state index contributed by atoms with van der Waals surface area (Å²) in [4.78, 5) is 26.9. The zero-order valence-electron chi connectivity index (χ0n) is 15.0. The van der Waals surface area contributed by atoms with Crippen LogP contribution in [0.1, 0.15) is 29.2 Å². The van der Waals surface area contributed by atoms with E-state index in [-0.39, 0.29) is 11.8 Å². The fraction of sp³-hybridized carbons (Fsp3) is 0.238. The predicted octanol–water partition coefficient (Wildman–Crippen LogP) is 3.82. The quantitative estimate of drug-likeness (QED) is 0.865. The van der Waals surface area contributed by atoms with E-state index in [9.17, 15) is 9.59 Å². The molecule has 1 aliphatic heterocycles. The monoisotopic (exact) mass is 334 g/mol. The summed E-state index contributed by atoms with van der Waals surface area (Å²) < 4.78 is 0. The van der Waals surface area contributed by atoms with Gasteiger partial charge in [-0.25, -0.2) is 0 Å². The molecule has 3 rings (SSSR count). The molecule has 4 heteroatoms. The van der Waals surface area contributed by atoms with Crippen LogP contribution in [0.15, 0.2) is 48.2 Å². The van der Waals surface area contributed by atoms with E-state index in [2.05, 4.69) is 5.32 Å². The Morgan fingerprint density at radius 3 is 2.12 bits per heavy atom. The second-order valence-electron chi connectivity index (χ2n) is 6.41. The first-order chi connectivity index (χ1) is 11.9. The molecule has 2 amide bonds. The first kappa shape index (κ1) is 17.0. The lowest BCUT2D eigenvalue weighted by atomic mass is 9.97. The summed E-state index contributed by atoms with van der Waals surface area (Å²) in [5.41, 5.74) is 5.64. The van der Waals surface area contributed by atoms with Gasteiger partial charge in [0, 0.05) is 12.2 Å². The van der Waals surface area contributed by atoms with Crippen molar-refractivity contribution in [3.63, 3.8) is 0 Å². The lowest BCUT2D eigenvalue weighted by Crippen LogP contribution is -2.32. The van der Waals surface area contributed by atoms with Crippen LogP contribution < -0.4 is 5.32 Å². The molecule has 0 spiro atoms. The number of hydrogen-bond donors (Lipinski definition) is 1. The molecule has 0 bridgehead atoms. The van der Waals surface area contributed by atoms with Crippen molar-refractivity contribution in [3.8, 4) is 0 Å². The van der Waals surface area contributed by atoms with E-state index < -0.39 is 0 Å². The highest BCUT2D eigenvalue weighted by Crippen LogP contribution is 2.32. The van der Waals surface area contributed by atoms with Gasteiger partial charge in [0.25, 0.3) is 11.8 Å².